The van der Waals surface area contributed by atoms with Crippen molar-refractivity contribution in [1.29, 1.82) is 0 Å². The van der Waals surface area contributed by atoms with Gasteiger partial charge < -0.3 is 13.7 Å². The molecule has 3 heterocycles. The molecule has 122 heavy (non-hydrogen) atoms. The third-order valence-corrected chi connectivity index (χ3v) is 26.7. The standard InChI is InChI=1S/C60H39N.C59H38N2/c1-3-15-38(16-4-1)41-21-13-22-44(35-41)57-48-26-11-10-25-47(48)52-36-42(29-31-51(52)57)43-30-33-55-53(37-43)59-56(61(55)54-28-14-20-39-17-7-8-23-45(39)54)34-32-50-46-24-9-12-27-49(46)58(60(50)59)40-18-5-2-6-19-40;1-3-15-38(16-4-1)40-19-13-20-43(35-40)57-47-25-10-9-24-46(47)50-36-41(29-31-48(50)57)42-30-32-54-51(37-42)59-56(61(54)52-28-14-18-39-17-7-8-23-45(39)52)34-33-55-58(59)49-26-11-12-27-53(49)60(55)44-21-5-2-6-22-44/h1-37,57-58H;1-37,57H. The van der Waals surface area contributed by atoms with Gasteiger partial charge in [0.25, 0.3) is 0 Å². The summed E-state index contributed by atoms with van der Waals surface area (Å²) in [4.78, 5) is 0. The highest BCUT2D eigenvalue weighted by Crippen LogP contribution is 2.56. The number of benzene rings is 20. The van der Waals surface area contributed by atoms with Crippen molar-refractivity contribution in [2.24, 2.45) is 0 Å². The smallest absolute Gasteiger partial charge is 0.0549 e. The summed E-state index contributed by atoms with van der Waals surface area (Å²) in [5, 5.41) is 12.6. The Morgan fingerprint density at radius 3 is 1.06 bits per heavy atom. The van der Waals surface area contributed by atoms with Crippen LogP contribution in [0.2, 0.25) is 0 Å². The van der Waals surface area contributed by atoms with Crippen molar-refractivity contribution >= 4 is 87.0 Å². The van der Waals surface area contributed by atoms with Crippen LogP contribution in [0.15, 0.2) is 449 Å². The number of hydrogen-bond donors (Lipinski definition) is 0. The van der Waals surface area contributed by atoms with E-state index in [1.807, 2.05) is 0 Å². The van der Waals surface area contributed by atoms with E-state index < -0.39 is 0 Å². The summed E-state index contributed by atoms with van der Waals surface area (Å²) in [6.45, 7) is 0. The second kappa shape index (κ2) is 28.0. The highest BCUT2D eigenvalue weighted by Gasteiger charge is 2.36. The molecular weight excluding hydrogens is 1470 g/mol. The quantitative estimate of drug-likeness (QED) is 0.130. The molecule has 26 rings (SSSR count). The van der Waals surface area contributed by atoms with Crippen molar-refractivity contribution in [3.63, 3.8) is 0 Å². The Bertz CT molecular complexity index is 8190. The summed E-state index contributed by atoms with van der Waals surface area (Å²) in [7, 11) is 0. The van der Waals surface area contributed by atoms with Gasteiger partial charge in [-0.15, -0.1) is 0 Å². The van der Waals surface area contributed by atoms with Gasteiger partial charge in [0.15, 0.2) is 0 Å². The predicted octanol–water partition coefficient (Wildman–Crippen LogP) is 31.1. The Hall–Kier alpha value is -15.7. The maximum Gasteiger partial charge on any atom is 0.0549 e. The molecule has 0 N–H and O–H groups in total. The number of hydrogen-bond acceptors (Lipinski definition) is 0. The molecule has 3 atom stereocenters. The first kappa shape index (κ1) is 69.4. The first-order valence-corrected chi connectivity index (χ1v) is 42.6. The van der Waals surface area contributed by atoms with E-state index in [2.05, 4.69) is 463 Å². The zero-order valence-corrected chi connectivity index (χ0v) is 66.8. The van der Waals surface area contributed by atoms with Gasteiger partial charge in [-0.25, -0.2) is 0 Å². The summed E-state index contributed by atoms with van der Waals surface area (Å²) in [6, 6.07) is 167. The maximum atomic E-state index is 2.52. The molecule has 20 aromatic carbocycles. The minimum atomic E-state index is 0.125. The van der Waals surface area contributed by atoms with Crippen LogP contribution >= 0.6 is 0 Å². The van der Waals surface area contributed by atoms with E-state index in [9.17, 15) is 0 Å². The molecule has 23 aromatic rings. The molecule has 3 aliphatic carbocycles. The van der Waals surface area contributed by atoms with Crippen LogP contribution < -0.4 is 0 Å². The van der Waals surface area contributed by atoms with Gasteiger partial charge in [0, 0.05) is 66.5 Å². The van der Waals surface area contributed by atoms with Crippen LogP contribution in [-0.4, -0.2) is 13.7 Å². The molecule has 0 radical (unpaired) electrons. The van der Waals surface area contributed by atoms with Gasteiger partial charge in [0.1, 0.15) is 0 Å². The van der Waals surface area contributed by atoms with Gasteiger partial charge in [-0.05, 0) is 224 Å². The zero-order chi connectivity index (χ0) is 80.0. The van der Waals surface area contributed by atoms with Crippen LogP contribution in [0.3, 0.4) is 0 Å². The highest BCUT2D eigenvalue weighted by atomic mass is 15.0. The lowest BCUT2D eigenvalue weighted by Gasteiger charge is -2.16. The highest BCUT2D eigenvalue weighted by molar-refractivity contribution is 6.29. The summed E-state index contributed by atoms with van der Waals surface area (Å²) < 4.78 is 7.45. The number of para-hydroxylation sites is 2. The van der Waals surface area contributed by atoms with Gasteiger partial charge in [0.05, 0.1) is 44.5 Å². The average molecular weight is 1550 g/mol. The largest absolute Gasteiger partial charge is 0.309 e. The van der Waals surface area contributed by atoms with Gasteiger partial charge in [-0.3, -0.25) is 0 Å². The van der Waals surface area contributed by atoms with Crippen LogP contribution in [0.4, 0.5) is 0 Å². The first-order valence-electron chi connectivity index (χ1n) is 42.6. The molecular formula is C119H77N3. The van der Waals surface area contributed by atoms with Gasteiger partial charge in [-0.2, -0.15) is 0 Å². The summed E-state index contributed by atoms with van der Waals surface area (Å²) in [5.41, 5.74) is 40.8. The Morgan fingerprint density at radius 2 is 0.508 bits per heavy atom. The fourth-order valence-electron chi connectivity index (χ4n) is 21.5. The molecule has 568 valence electrons. The Balaban J connectivity index is 0.000000134. The molecule has 3 heteroatoms. The molecule has 3 aliphatic rings. The predicted molar refractivity (Wildman–Crippen MR) is 511 cm³/mol. The first-order chi connectivity index (χ1) is 60.6. The van der Waals surface area contributed by atoms with Crippen LogP contribution in [0.1, 0.15) is 67.8 Å². The molecule has 3 unspecified atom stereocenters. The van der Waals surface area contributed by atoms with E-state index >= 15 is 0 Å². The minimum absolute atomic E-state index is 0.125. The van der Waals surface area contributed by atoms with Crippen molar-refractivity contribution < 1.29 is 0 Å². The summed E-state index contributed by atoms with van der Waals surface area (Å²) in [6.07, 6.45) is 0. The maximum absolute atomic E-state index is 2.52. The molecule has 3 nitrogen and oxygen atoms in total. The Kier molecular flexibility index (Phi) is 15.9. The summed E-state index contributed by atoms with van der Waals surface area (Å²) >= 11 is 0. The van der Waals surface area contributed by atoms with Crippen LogP contribution in [-0.2, 0) is 0 Å². The molecule has 0 fully saturated rings. The molecule has 0 saturated heterocycles. The number of fused-ring (bicyclic) bond motifs is 22. The normalized spacial score (nSPS) is 14.1. The average Bonchev–Trinajstić information content (AvgIpc) is 1.54. The SMILES string of the molecule is c1ccc(-c2cccc(C3c4ccccc4-c4cc(-c5ccc6c(c5)c5c7c(ccc5n6-c5cccc6ccccc56)-c5ccccc5C7c5ccccc5)ccc43)c2)cc1.c1ccc(-c2cccc(C3c4ccccc4-c4cc(-c5ccc6c(c5)c5c7c8ccccc8n(-c8ccccc8)c7ccc5n6-c5cccc6ccccc56)ccc43)c2)cc1. The van der Waals surface area contributed by atoms with Crippen molar-refractivity contribution in [3.05, 3.63) is 499 Å². The van der Waals surface area contributed by atoms with Crippen molar-refractivity contribution in [2.75, 3.05) is 0 Å². The lowest BCUT2D eigenvalue weighted by molar-refractivity contribution is 1.02. The van der Waals surface area contributed by atoms with Gasteiger partial charge >= 0.3 is 0 Å². The van der Waals surface area contributed by atoms with E-state index in [1.54, 1.807) is 0 Å². The molecule has 3 aromatic heterocycles. The van der Waals surface area contributed by atoms with Crippen LogP contribution in [0.25, 0.3) is 182 Å². The second-order valence-corrected chi connectivity index (χ2v) is 33.2. The zero-order valence-electron chi connectivity index (χ0n) is 66.8. The molecule has 0 spiro atoms. The number of aromatic nitrogens is 3. The molecule has 0 saturated carbocycles. The molecule has 0 bridgehead atoms. The Labute approximate surface area is 707 Å². The minimum Gasteiger partial charge on any atom is -0.309 e. The lowest BCUT2D eigenvalue weighted by atomic mass is 9.86. The topological polar surface area (TPSA) is 14.8 Å². The van der Waals surface area contributed by atoms with Gasteiger partial charge in [-0.1, -0.05) is 364 Å². The fourth-order valence-corrected chi connectivity index (χ4v) is 21.5. The van der Waals surface area contributed by atoms with Crippen molar-refractivity contribution in [1.82, 2.24) is 13.7 Å². The molecule has 0 aliphatic heterocycles. The summed E-state index contributed by atoms with van der Waals surface area (Å²) in [5.74, 6) is 0.463. The Morgan fingerprint density at radius 1 is 0.164 bits per heavy atom. The monoisotopic (exact) mass is 1550 g/mol. The number of nitrogens with zero attached hydrogens (tertiary/aromatic N) is 3. The molecule has 0 amide bonds. The van der Waals surface area contributed by atoms with Crippen LogP contribution in [0.5, 0.6) is 0 Å². The lowest BCUT2D eigenvalue weighted by Crippen LogP contribution is -2.00. The van der Waals surface area contributed by atoms with Crippen LogP contribution in [0, 0.1) is 0 Å². The van der Waals surface area contributed by atoms with Crippen molar-refractivity contribution in [3.8, 4) is 95.0 Å². The van der Waals surface area contributed by atoms with E-state index in [4.69, 9.17) is 0 Å². The van der Waals surface area contributed by atoms with E-state index in [0.29, 0.717) is 0 Å². The van der Waals surface area contributed by atoms with E-state index in [1.165, 1.54) is 226 Å². The van der Waals surface area contributed by atoms with Crippen molar-refractivity contribution in [2.45, 2.75) is 17.8 Å². The third kappa shape index (κ3) is 10.9. The number of rotatable bonds is 10. The third-order valence-electron chi connectivity index (χ3n) is 26.7. The fraction of sp³-hybridized carbons (Fsp3) is 0.0252. The second-order valence-electron chi connectivity index (χ2n) is 33.2. The van der Waals surface area contributed by atoms with E-state index in [-0.39, 0.29) is 17.8 Å². The van der Waals surface area contributed by atoms with E-state index in [0.717, 1.165) is 5.69 Å². The van der Waals surface area contributed by atoms with Gasteiger partial charge in [0.2, 0.25) is 0 Å².